The van der Waals surface area contributed by atoms with E-state index in [1.807, 2.05) is 18.2 Å². The first-order chi connectivity index (χ1) is 16.4. The molecule has 0 spiro atoms. The van der Waals surface area contributed by atoms with Crippen LogP contribution in [0, 0.1) is 17.8 Å². The van der Waals surface area contributed by atoms with E-state index in [-0.39, 0.29) is 16.8 Å². The Hall–Kier alpha value is -2.22. The first-order valence-corrected chi connectivity index (χ1v) is 14.0. The van der Waals surface area contributed by atoms with Crippen molar-refractivity contribution in [3.05, 3.63) is 65.7 Å². The molecule has 5 rings (SSSR count). The van der Waals surface area contributed by atoms with Crippen LogP contribution in [0.5, 0.6) is 0 Å². The second-order valence-electron chi connectivity index (χ2n) is 10.3. The van der Waals surface area contributed by atoms with Gasteiger partial charge in [0.2, 0.25) is 10.0 Å². The molecule has 6 nitrogen and oxygen atoms in total. The Morgan fingerprint density at radius 2 is 1.76 bits per heavy atom. The molecule has 2 bridgehead atoms. The van der Waals surface area contributed by atoms with Crippen LogP contribution in [-0.2, 0) is 16.6 Å². The molecule has 7 heteroatoms. The zero-order valence-electron chi connectivity index (χ0n) is 19.9. The molecule has 3 aliphatic rings. The van der Waals surface area contributed by atoms with Gasteiger partial charge in [0, 0.05) is 44.3 Å². The molecule has 2 aromatic carbocycles. The van der Waals surface area contributed by atoms with Gasteiger partial charge in [-0.3, -0.25) is 9.69 Å². The number of piperazine rings is 1. The highest BCUT2D eigenvalue weighted by atomic mass is 32.2. The van der Waals surface area contributed by atoms with E-state index in [2.05, 4.69) is 29.3 Å². The quantitative estimate of drug-likeness (QED) is 0.654. The molecule has 0 unspecified atom stereocenters. The highest BCUT2D eigenvalue weighted by molar-refractivity contribution is 7.89. The lowest BCUT2D eigenvalue weighted by atomic mass is 9.84. The molecule has 2 saturated carbocycles. The van der Waals surface area contributed by atoms with E-state index in [9.17, 15) is 13.2 Å². The highest BCUT2D eigenvalue weighted by Crippen LogP contribution is 2.49. The number of nitrogens with zero attached hydrogens (tertiary/aromatic N) is 2. The van der Waals surface area contributed by atoms with E-state index in [0.717, 1.165) is 18.4 Å². The van der Waals surface area contributed by atoms with Crippen molar-refractivity contribution in [3.63, 3.8) is 0 Å². The van der Waals surface area contributed by atoms with Crippen LogP contribution in [0.4, 0.5) is 0 Å². The Labute approximate surface area is 203 Å². The van der Waals surface area contributed by atoms with Gasteiger partial charge >= 0.3 is 0 Å². The summed E-state index contributed by atoms with van der Waals surface area (Å²) in [5, 5.41) is 3.16. The molecule has 1 heterocycles. The molecule has 1 aliphatic heterocycles. The van der Waals surface area contributed by atoms with Gasteiger partial charge in [0.15, 0.2) is 0 Å². The smallest absolute Gasteiger partial charge is 0.251 e. The molecule has 2 aliphatic carbocycles. The van der Waals surface area contributed by atoms with Crippen molar-refractivity contribution >= 4 is 15.9 Å². The standard InChI is InChI=1S/C27H35N3O3S/c1-20(26-17-22-10-11-23(26)16-22)28-27(31)24-8-5-9-25(18-24)34(32,33)30-14-12-29(13-15-30)19-21-6-3-2-4-7-21/h2-9,18,20,22-23,26H,10-17,19H2,1H3,(H,28,31)/t20-,22+,23+,26-/m1/s1. The van der Waals surface area contributed by atoms with E-state index in [4.69, 9.17) is 0 Å². The van der Waals surface area contributed by atoms with Crippen LogP contribution in [0.15, 0.2) is 59.5 Å². The SMILES string of the molecule is C[C@@H](NC(=O)c1cccc(S(=O)(=O)N2CCN(Cc3ccccc3)CC2)c1)[C@H]1C[C@H]2CC[C@H]1C2. The normalized spacial score (nSPS) is 26.4. The van der Waals surface area contributed by atoms with Crippen LogP contribution in [0.25, 0.3) is 0 Å². The van der Waals surface area contributed by atoms with Crippen LogP contribution in [0.3, 0.4) is 0 Å². The van der Waals surface area contributed by atoms with Crippen molar-refractivity contribution in [3.8, 4) is 0 Å². The maximum Gasteiger partial charge on any atom is 0.251 e. The first-order valence-electron chi connectivity index (χ1n) is 12.6. The fourth-order valence-corrected chi connectivity index (χ4v) is 7.69. The van der Waals surface area contributed by atoms with E-state index < -0.39 is 10.0 Å². The minimum atomic E-state index is -3.64. The van der Waals surface area contributed by atoms with Gasteiger partial charge in [-0.1, -0.05) is 42.8 Å². The third kappa shape index (κ3) is 4.92. The minimum absolute atomic E-state index is 0.112. The summed E-state index contributed by atoms with van der Waals surface area (Å²) in [4.78, 5) is 15.4. The average molecular weight is 482 g/mol. The maximum absolute atomic E-state index is 13.3. The number of benzene rings is 2. The fraction of sp³-hybridized carbons (Fsp3) is 0.519. The summed E-state index contributed by atoms with van der Waals surface area (Å²) in [6, 6.07) is 16.9. The van der Waals surface area contributed by atoms with Gasteiger partial charge in [0.25, 0.3) is 5.91 Å². The summed E-state index contributed by atoms with van der Waals surface area (Å²) in [6.45, 7) is 5.20. The van der Waals surface area contributed by atoms with Gasteiger partial charge in [-0.25, -0.2) is 8.42 Å². The largest absolute Gasteiger partial charge is 0.349 e. The van der Waals surface area contributed by atoms with Crippen molar-refractivity contribution in [1.29, 1.82) is 0 Å². The topological polar surface area (TPSA) is 69.7 Å². The van der Waals surface area contributed by atoms with Gasteiger partial charge in [-0.05, 0) is 67.7 Å². The molecule has 182 valence electrons. The zero-order valence-corrected chi connectivity index (χ0v) is 20.7. The first kappa shape index (κ1) is 23.5. The Balaban J connectivity index is 1.20. The molecule has 2 aromatic rings. The summed E-state index contributed by atoms with van der Waals surface area (Å²) in [6.07, 6.45) is 5.12. The number of fused-ring (bicyclic) bond motifs is 2. The Kier molecular flexibility index (Phi) is 6.78. The average Bonchev–Trinajstić information content (AvgIpc) is 3.49. The Morgan fingerprint density at radius 1 is 1.00 bits per heavy atom. The molecule has 1 saturated heterocycles. The fourth-order valence-electron chi connectivity index (χ4n) is 6.22. The lowest BCUT2D eigenvalue weighted by molar-refractivity contribution is 0.0915. The van der Waals surface area contributed by atoms with Crippen LogP contribution >= 0.6 is 0 Å². The van der Waals surface area contributed by atoms with Gasteiger partial charge < -0.3 is 5.32 Å². The van der Waals surface area contributed by atoms with Crippen LogP contribution in [0.2, 0.25) is 0 Å². The third-order valence-corrected chi connectivity index (χ3v) is 10.0. The monoisotopic (exact) mass is 481 g/mol. The van der Waals surface area contributed by atoms with E-state index in [1.54, 1.807) is 22.5 Å². The molecule has 4 atom stereocenters. The summed E-state index contributed by atoms with van der Waals surface area (Å²) in [7, 11) is -3.64. The third-order valence-electron chi connectivity index (χ3n) is 8.11. The van der Waals surface area contributed by atoms with Gasteiger partial charge in [-0.15, -0.1) is 0 Å². The summed E-state index contributed by atoms with van der Waals surface area (Å²) in [5.74, 6) is 1.92. The molecule has 0 radical (unpaired) electrons. The van der Waals surface area contributed by atoms with Gasteiger partial charge in [0.05, 0.1) is 4.90 Å². The van der Waals surface area contributed by atoms with E-state index >= 15 is 0 Å². The number of carbonyl (C=O) groups excluding carboxylic acids is 1. The van der Waals surface area contributed by atoms with Gasteiger partial charge in [0.1, 0.15) is 0 Å². The lowest BCUT2D eigenvalue weighted by Crippen LogP contribution is -2.48. The van der Waals surface area contributed by atoms with Crippen molar-refractivity contribution < 1.29 is 13.2 Å². The summed E-state index contributed by atoms with van der Waals surface area (Å²) in [5.41, 5.74) is 1.65. The summed E-state index contributed by atoms with van der Waals surface area (Å²) >= 11 is 0. The second-order valence-corrected chi connectivity index (χ2v) is 12.2. The predicted octanol–water partition coefficient (Wildman–Crippen LogP) is 3.75. The highest BCUT2D eigenvalue weighted by Gasteiger charge is 2.42. The van der Waals surface area contributed by atoms with Crippen LogP contribution in [0.1, 0.15) is 48.5 Å². The van der Waals surface area contributed by atoms with E-state index in [1.165, 1.54) is 37.3 Å². The molecule has 3 fully saturated rings. The van der Waals surface area contributed by atoms with Crippen molar-refractivity contribution in [2.24, 2.45) is 17.8 Å². The van der Waals surface area contributed by atoms with Crippen molar-refractivity contribution in [2.45, 2.75) is 50.1 Å². The molecule has 0 aromatic heterocycles. The van der Waals surface area contributed by atoms with Crippen LogP contribution < -0.4 is 5.32 Å². The number of hydrogen-bond acceptors (Lipinski definition) is 4. The van der Waals surface area contributed by atoms with Crippen molar-refractivity contribution in [2.75, 3.05) is 26.2 Å². The zero-order chi connectivity index (χ0) is 23.7. The lowest BCUT2D eigenvalue weighted by Gasteiger charge is -2.34. The number of carbonyl (C=O) groups is 1. The molecule has 34 heavy (non-hydrogen) atoms. The maximum atomic E-state index is 13.3. The summed E-state index contributed by atoms with van der Waals surface area (Å²) < 4.78 is 28.2. The minimum Gasteiger partial charge on any atom is -0.349 e. The number of sulfonamides is 1. The number of amides is 1. The number of rotatable bonds is 7. The van der Waals surface area contributed by atoms with E-state index in [0.29, 0.717) is 37.7 Å². The Bertz CT molecular complexity index is 1110. The molecule has 1 N–H and O–H groups in total. The van der Waals surface area contributed by atoms with Crippen LogP contribution in [-0.4, -0.2) is 55.8 Å². The number of hydrogen-bond donors (Lipinski definition) is 1. The number of nitrogens with one attached hydrogen (secondary N) is 1. The predicted molar refractivity (Wildman–Crippen MR) is 133 cm³/mol. The van der Waals surface area contributed by atoms with Crippen molar-refractivity contribution in [1.82, 2.24) is 14.5 Å². The second kappa shape index (κ2) is 9.80. The molecular weight excluding hydrogens is 446 g/mol. The Morgan fingerprint density at radius 3 is 2.44 bits per heavy atom. The molecular formula is C27H35N3O3S. The van der Waals surface area contributed by atoms with Gasteiger partial charge in [-0.2, -0.15) is 4.31 Å². The molecule has 1 amide bonds.